The Morgan fingerprint density at radius 3 is 2.42 bits per heavy atom. The number of aliphatic hydroxyl groups is 1. The van der Waals surface area contributed by atoms with E-state index >= 15 is 0 Å². The summed E-state index contributed by atoms with van der Waals surface area (Å²) in [7, 11) is 0. The number of rotatable bonds is 2. The number of aliphatic hydroxyl groups excluding tert-OH is 1. The first-order valence-electron chi connectivity index (χ1n) is 8.32. The molecular weight excluding hydrogens is 302 g/mol. The fourth-order valence-electron chi connectivity index (χ4n) is 4.13. The number of ketones is 2. The van der Waals surface area contributed by atoms with Crippen molar-refractivity contribution >= 4 is 11.6 Å². The van der Waals surface area contributed by atoms with Crippen molar-refractivity contribution in [2.45, 2.75) is 38.1 Å². The first-order chi connectivity index (χ1) is 11.5. The third kappa shape index (κ3) is 1.92. The lowest BCUT2D eigenvalue weighted by Gasteiger charge is -2.36. The van der Waals surface area contributed by atoms with E-state index in [9.17, 15) is 14.7 Å². The lowest BCUT2D eigenvalue weighted by atomic mass is 9.84. The van der Waals surface area contributed by atoms with E-state index in [-0.39, 0.29) is 22.9 Å². The number of nitrogens with zero attached hydrogens (tertiary/aromatic N) is 1. The van der Waals surface area contributed by atoms with Crippen LogP contribution in [0.15, 0.2) is 53.9 Å². The Balaban J connectivity index is 1.95. The lowest BCUT2D eigenvalue weighted by molar-refractivity contribution is -0.113. The molecule has 1 aliphatic heterocycles. The second kappa shape index (κ2) is 5.20. The molecule has 1 spiro atoms. The zero-order valence-corrected chi connectivity index (χ0v) is 13.6. The molecule has 0 bridgehead atoms. The second-order valence-electron chi connectivity index (χ2n) is 6.70. The van der Waals surface area contributed by atoms with E-state index in [0.717, 1.165) is 36.8 Å². The molecule has 1 fully saturated rings. The summed E-state index contributed by atoms with van der Waals surface area (Å²) < 4.78 is 1.91. The van der Waals surface area contributed by atoms with Crippen molar-refractivity contribution < 1.29 is 14.7 Å². The van der Waals surface area contributed by atoms with Gasteiger partial charge in [0.15, 0.2) is 5.78 Å². The van der Waals surface area contributed by atoms with Crippen molar-refractivity contribution in [3.05, 3.63) is 59.6 Å². The van der Waals surface area contributed by atoms with E-state index in [2.05, 4.69) is 0 Å². The number of hydrogen-bond donors (Lipinski definition) is 1. The van der Waals surface area contributed by atoms with Crippen molar-refractivity contribution in [2.24, 2.45) is 0 Å². The van der Waals surface area contributed by atoms with Crippen molar-refractivity contribution in [3.8, 4) is 11.1 Å². The standard InChI is InChI=1S/C20H19NO3/c1-13(22)17-18(23)16-11-15(14-7-3-2-4-8-14)12-21(16)20(19(17)24)9-5-6-10-20/h2-4,7-8,11-12,24H,5-6,9-10H2,1H3. The Kier molecular flexibility index (Phi) is 3.23. The van der Waals surface area contributed by atoms with Gasteiger partial charge >= 0.3 is 0 Å². The molecule has 0 unspecified atom stereocenters. The van der Waals surface area contributed by atoms with E-state index in [1.165, 1.54) is 6.92 Å². The zero-order chi connectivity index (χ0) is 16.9. The van der Waals surface area contributed by atoms with E-state index < -0.39 is 5.54 Å². The SMILES string of the molecule is CC(=O)C1=C(O)C2(CCCC2)n2cc(-c3ccccc3)cc2C1=O. The molecule has 4 nitrogen and oxygen atoms in total. The van der Waals surface area contributed by atoms with Crippen molar-refractivity contribution in [2.75, 3.05) is 0 Å². The Morgan fingerprint density at radius 2 is 1.79 bits per heavy atom. The molecule has 24 heavy (non-hydrogen) atoms. The minimum Gasteiger partial charge on any atom is -0.509 e. The lowest BCUT2D eigenvalue weighted by Crippen LogP contribution is -2.41. The number of carbonyl (C=O) groups is 2. The summed E-state index contributed by atoms with van der Waals surface area (Å²) in [4.78, 5) is 24.8. The van der Waals surface area contributed by atoms with Gasteiger partial charge in [0, 0.05) is 11.8 Å². The van der Waals surface area contributed by atoms with Crippen LogP contribution in [-0.4, -0.2) is 21.2 Å². The van der Waals surface area contributed by atoms with Crippen LogP contribution in [0, 0.1) is 0 Å². The number of fused-ring (bicyclic) bond motifs is 2. The van der Waals surface area contributed by atoms with E-state index in [4.69, 9.17) is 0 Å². The Morgan fingerprint density at radius 1 is 1.12 bits per heavy atom. The number of allylic oxidation sites excluding steroid dienone is 2. The van der Waals surface area contributed by atoms with Gasteiger partial charge in [-0.05, 0) is 31.4 Å². The topological polar surface area (TPSA) is 59.3 Å². The van der Waals surface area contributed by atoms with E-state index in [1.54, 1.807) is 0 Å². The van der Waals surface area contributed by atoms with Crippen molar-refractivity contribution in [3.63, 3.8) is 0 Å². The van der Waals surface area contributed by atoms with Gasteiger partial charge in [-0.25, -0.2) is 0 Å². The van der Waals surface area contributed by atoms with Crippen LogP contribution in [0.5, 0.6) is 0 Å². The molecule has 0 radical (unpaired) electrons. The average molecular weight is 321 g/mol. The molecule has 0 saturated heterocycles. The van der Waals surface area contributed by atoms with Gasteiger partial charge in [-0.15, -0.1) is 0 Å². The molecule has 2 aromatic rings. The molecule has 2 aliphatic rings. The fraction of sp³-hybridized carbons (Fsp3) is 0.300. The number of aromatic nitrogens is 1. The molecule has 0 amide bonds. The van der Waals surface area contributed by atoms with Gasteiger partial charge in [-0.2, -0.15) is 0 Å². The highest BCUT2D eigenvalue weighted by Gasteiger charge is 2.48. The number of carbonyl (C=O) groups excluding carboxylic acids is 2. The largest absolute Gasteiger partial charge is 0.509 e. The summed E-state index contributed by atoms with van der Waals surface area (Å²) in [6, 6.07) is 11.7. The molecule has 122 valence electrons. The summed E-state index contributed by atoms with van der Waals surface area (Å²) in [5.41, 5.74) is 1.77. The molecule has 4 rings (SSSR count). The van der Waals surface area contributed by atoms with Crippen LogP contribution in [0.2, 0.25) is 0 Å². The third-order valence-corrected chi connectivity index (χ3v) is 5.31. The molecule has 1 aromatic heterocycles. The highest BCUT2D eigenvalue weighted by molar-refractivity contribution is 6.26. The van der Waals surface area contributed by atoms with Crippen LogP contribution in [-0.2, 0) is 10.3 Å². The molecule has 4 heteroatoms. The van der Waals surface area contributed by atoms with Gasteiger partial charge in [0.25, 0.3) is 0 Å². The quantitative estimate of drug-likeness (QED) is 0.850. The Hall–Kier alpha value is -2.62. The summed E-state index contributed by atoms with van der Waals surface area (Å²) in [6.45, 7) is 1.35. The van der Waals surface area contributed by atoms with Crippen molar-refractivity contribution in [1.82, 2.24) is 4.57 Å². The maximum absolute atomic E-state index is 12.8. The average Bonchev–Trinajstić information content (AvgIpc) is 3.22. The van der Waals surface area contributed by atoms with Crippen LogP contribution in [0.4, 0.5) is 0 Å². The van der Waals surface area contributed by atoms with Crippen LogP contribution in [0.1, 0.15) is 43.1 Å². The summed E-state index contributed by atoms with van der Waals surface area (Å²) in [6.07, 6.45) is 5.39. The predicted molar refractivity (Wildman–Crippen MR) is 91.0 cm³/mol. The molecule has 1 aromatic carbocycles. The summed E-state index contributed by atoms with van der Waals surface area (Å²) in [5.74, 6) is -0.780. The van der Waals surface area contributed by atoms with Crippen LogP contribution in [0.25, 0.3) is 11.1 Å². The van der Waals surface area contributed by atoms with Crippen LogP contribution >= 0.6 is 0 Å². The molecule has 1 N–H and O–H groups in total. The first-order valence-corrected chi connectivity index (χ1v) is 8.32. The van der Waals surface area contributed by atoms with Gasteiger partial charge in [-0.1, -0.05) is 43.2 Å². The zero-order valence-electron chi connectivity index (χ0n) is 13.6. The number of hydrogen-bond acceptors (Lipinski definition) is 3. The summed E-state index contributed by atoms with van der Waals surface area (Å²) in [5, 5.41) is 10.8. The highest BCUT2D eigenvalue weighted by Crippen LogP contribution is 2.47. The van der Waals surface area contributed by atoms with Crippen LogP contribution in [0.3, 0.4) is 0 Å². The maximum atomic E-state index is 12.8. The summed E-state index contributed by atoms with van der Waals surface area (Å²) >= 11 is 0. The Labute approximate surface area is 140 Å². The minimum absolute atomic E-state index is 0.0397. The minimum atomic E-state index is -0.642. The number of benzene rings is 1. The van der Waals surface area contributed by atoms with Gasteiger partial charge in [0.1, 0.15) is 16.9 Å². The van der Waals surface area contributed by atoms with Gasteiger partial charge in [0.2, 0.25) is 5.78 Å². The van der Waals surface area contributed by atoms with Crippen molar-refractivity contribution in [1.29, 1.82) is 0 Å². The molecule has 2 heterocycles. The van der Waals surface area contributed by atoms with E-state index in [1.807, 2.05) is 47.2 Å². The molecular formula is C20H19NO3. The fourth-order valence-corrected chi connectivity index (χ4v) is 4.13. The monoisotopic (exact) mass is 321 g/mol. The molecule has 1 saturated carbocycles. The Bertz CT molecular complexity index is 868. The third-order valence-electron chi connectivity index (χ3n) is 5.31. The van der Waals surface area contributed by atoms with Crippen LogP contribution < -0.4 is 0 Å². The van der Waals surface area contributed by atoms with Gasteiger partial charge in [0.05, 0.1) is 5.69 Å². The number of Topliss-reactive ketones (excluding diaryl/α,β-unsaturated/α-hetero) is 2. The van der Waals surface area contributed by atoms with Gasteiger partial charge in [-0.3, -0.25) is 9.59 Å². The first kappa shape index (κ1) is 14.9. The van der Waals surface area contributed by atoms with Gasteiger partial charge < -0.3 is 9.67 Å². The normalized spacial score (nSPS) is 19.0. The second-order valence-corrected chi connectivity index (χ2v) is 6.70. The highest BCUT2D eigenvalue weighted by atomic mass is 16.3. The van der Waals surface area contributed by atoms with E-state index in [0.29, 0.717) is 5.69 Å². The predicted octanol–water partition coefficient (Wildman–Crippen LogP) is 4.02. The maximum Gasteiger partial charge on any atom is 0.216 e. The smallest absolute Gasteiger partial charge is 0.216 e. The molecule has 1 aliphatic carbocycles. The molecule has 0 atom stereocenters.